The number of hydrogen-bond acceptors (Lipinski definition) is 7. The molecular weight excluding hydrogens is 550 g/mol. The lowest BCUT2D eigenvalue weighted by atomic mass is 10.1. The molecule has 14 heteroatoms. The van der Waals surface area contributed by atoms with Crippen LogP contribution >= 0.6 is 0 Å². The van der Waals surface area contributed by atoms with Crippen molar-refractivity contribution < 1.29 is 41.4 Å². The summed E-state index contributed by atoms with van der Waals surface area (Å²) in [5, 5.41) is 21.0. The molecule has 5 N–H and O–H groups in total. The molecule has 4 aromatic rings. The van der Waals surface area contributed by atoms with E-state index in [0.717, 1.165) is 18.2 Å². The van der Waals surface area contributed by atoms with Crippen molar-refractivity contribution in [2.45, 2.75) is 9.79 Å². The molecule has 1 aliphatic heterocycles. The number of benzene rings is 4. The van der Waals surface area contributed by atoms with Crippen LogP contribution in [0.15, 0.2) is 82.6 Å². The first-order valence-electron chi connectivity index (χ1n) is 11.0. The maximum absolute atomic E-state index is 13.5. The molecule has 1 heterocycles. The van der Waals surface area contributed by atoms with E-state index in [0.29, 0.717) is 0 Å². The first kappa shape index (κ1) is 25.7. The molecule has 0 atom stereocenters. The van der Waals surface area contributed by atoms with E-state index in [2.05, 4.69) is 14.8 Å². The quantitative estimate of drug-likeness (QED) is 0.212. The van der Waals surface area contributed by atoms with Crippen molar-refractivity contribution in [1.82, 2.24) is 0 Å². The summed E-state index contributed by atoms with van der Waals surface area (Å²) in [5.74, 6) is -3.21. The van der Waals surface area contributed by atoms with Crippen molar-refractivity contribution in [2.24, 2.45) is 0 Å². The Bertz CT molecular complexity index is 1950. The van der Waals surface area contributed by atoms with Gasteiger partial charge in [-0.1, -0.05) is 24.3 Å². The van der Waals surface area contributed by atoms with Crippen LogP contribution in [0.5, 0.6) is 0 Å². The minimum Gasteiger partial charge on any atom is -0.478 e. The van der Waals surface area contributed by atoms with Crippen LogP contribution in [0.1, 0.15) is 31.1 Å². The predicted molar refractivity (Wildman–Crippen MR) is 140 cm³/mol. The summed E-state index contributed by atoms with van der Waals surface area (Å²) in [5.41, 5.74) is -0.643. The number of amides is 1. The first-order chi connectivity index (χ1) is 18.4. The van der Waals surface area contributed by atoms with Crippen LogP contribution in [0.4, 0.5) is 17.1 Å². The lowest BCUT2D eigenvalue weighted by molar-refractivity contribution is 0.0686. The molecule has 0 saturated heterocycles. The van der Waals surface area contributed by atoms with E-state index in [-0.39, 0.29) is 44.5 Å². The third kappa shape index (κ3) is 4.62. The number of carboxylic acids is 2. The maximum atomic E-state index is 13.5. The summed E-state index contributed by atoms with van der Waals surface area (Å²) < 4.78 is 58.6. The molecule has 198 valence electrons. The van der Waals surface area contributed by atoms with Crippen LogP contribution in [0, 0.1) is 0 Å². The SMILES string of the molecule is O=C(O)c1cccc(NS(=O)(=O)c2cc(S(=O)(=O)Nc3cccc(C(=O)O)c3)c3cccc4c3c2NC4=O)c1. The minimum atomic E-state index is -4.58. The number of aromatic carboxylic acids is 2. The summed E-state index contributed by atoms with van der Waals surface area (Å²) in [4.78, 5) is 34.2. The molecule has 0 saturated carbocycles. The van der Waals surface area contributed by atoms with Crippen LogP contribution in [0.3, 0.4) is 0 Å². The second kappa shape index (κ2) is 9.11. The molecule has 0 aliphatic carbocycles. The standard InChI is InChI=1S/C25H17N3O9S2/c29-23-18-9-3-8-17-19(38(34,35)27-15-6-1-4-13(10-15)24(30)31)12-20(22(26-23)21(17)18)39(36,37)28-16-7-2-5-14(11-16)25(32)33/h1-12,27-28H,(H,26,29)(H,30,31)(H,32,33). The Morgan fingerprint density at radius 3 is 1.74 bits per heavy atom. The second-order valence-electron chi connectivity index (χ2n) is 8.41. The molecule has 0 fully saturated rings. The highest BCUT2D eigenvalue weighted by molar-refractivity contribution is 7.93. The van der Waals surface area contributed by atoms with Gasteiger partial charge in [0.05, 0.1) is 21.7 Å². The average Bonchev–Trinajstić information content (AvgIpc) is 3.21. The highest BCUT2D eigenvalue weighted by atomic mass is 32.2. The van der Waals surface area contributed by atoms with Gasteiger partial charge in [-0.3, -0.25) is 14.2 Å². The lowest BCUT2D eigenvalue weighted by Crippen LogP contribution is -2.18. The summed E-state index contributed by atoms with van der Waals surface area (Å²) in [6.07, 6.45) is 0. The van der Waals surface area contributed by atoms with Gasteiger partial charge in [-0.2, -0.15) is 0 Å². The zero-order valence-corrected chi connectivity index (χ0v) is 21.1. The van der Waals surface area contributed by atoms with Crippen LogP contribution in [-0.2, 0) is 20.0 Å². The molecule has 1 aliphatic rings. The topological polar surface area (TPSA) is 196 Å². The van der Waals surface area contributed by atoms with Crippen molar-refractivity contribution in [3.63, 3.8) is 0 Å². The fourth-order valence-electron chi connectivity index (χ4n) is 4.20. The van der Waals surface area contributed by atoms with Crippen molar-refractivity contribution in [1.29, 1.82) is 0 Å². The van der Waals surface area contributed by atoms with E-state index in [1.165, 1.54) is 54.6 Å². The summed E-state index contributed by atoms with van der Waals surface area (Å²) >= 11 is 0. The van der Waals surface area contributed by atoms with Gasteiger partial charge in [-0.25, -0.2) is 26.4 Å². The maximum Gasteiger partial charge on any atom is 0.335 e. The second-order valence-corrected chi connectivity index (χ2v) is 11.7. The molecule has 0 radical (unpaired) electrons. The van der Waals surface area contributed by atoms with Gasteiger partial charge < -0.3 is 15.5 Å². The van der Waals surface area contributed by atoms with E-state index >= 15 is 0 Å². The number of carbonyl (C=O) groups is 3. The highest BCUT2D eigenvalue weighted by Crippen LogP contribution is 2.42. The third-order valence-corrected chi connectivity index (χ3v) is 8.70. The first-order valence-corrected chi connectivity index (χ1v) is 14.0. The molecule has 0 bridgehead atoms. The van der Waals surface area contributed by atoms with Crippen molar-refractivity contribution >= 4 is 65.7 Å². The summed E-state index contributed by atoms with van der Waals surface area (Å²) in [6.45, 7) is 0. The molecule has 0 unspecified atom stereocenters. The molecule has 39 heavy (non-hydrogen) atoms. The number of nitrogens with one attached hydrogen (secondary N) is 3. The Balaban J connectivity index is 1.68. The zero-order valence-electron chi connectivity index (χ0n) is 19.5. The Labute approximate surface area is 221 Å². The molecule has 12 nitrogen and oxygen atoms in total. The Hall–Kier alpha value is -4.95. The van der Waals surface area contributed by atoms with E-state index in [1.807, 2.05) is 0 Å². The van der Waals surface area contributed by atoms with Gasteiger partial charge in [-0.05, 0) is 48.5 Å². The van der Waals surface area contributed by atoms with Crippen LogP contribution in [0.2, 0.25) is 0 Å². The monoisotopic (exact) mass is 567 g/mol. The third-order valence-electron chi connectivity index (χ3n) is 5.87. The van der Waals surface area contributed by atoms with E-state index in [1.54, 1.807) is 0 Å². The summed E-state index contributed by atoms with van der Waals surface area (Å²) in [6, 6.07) is 15.1. The number of sulfonamides is 2. The van der Waals surface area contributed by atoms with E-state index in [4.69, 9.17) is 0 Å². The average molecular weight is 568 g/mol. The van der Waals surface area contributed by atoms with Gasteiger partial charge in [0.1, 0.15) is 4.90 Å². The van der Waals surface area contributed by atoms with Gasteiger partial charge in [0.25, 0.3) is 26.0 Å². The number of carbonyl (C=O) groups excluding carboxylic acids is 1. The lowest BCUT2D eigenvalue weighted by Gasteiger charge is -2.16. The molecule has 0 aromatic heterocycles. The number of rotatable bonds is 8. The smallest absolute Gasteiger partial charge is 0.335 e. The van der Waals surface area contributed by atoms with Crippen LogP contribution in [0.25, 0.3) is 10.8 Å². The Morgan fingerprint density at radius 2 is 1.21 bits per heavy atom. The van der Waals surface area contributed by atoms with Crippen molar-refractivity contribution in [3.05, 3.63) is 89.5 Å². The fraction of sp³-hybridized carbons (Fsp3) is 0. The van der Waals surface area contributed by atoms with Crippen LogP contribution < -0.4 is 14.8 Å². The fourth-order valence-corrected chi connectivity index (χ4v) is 6.80. The molecule has 1 amide bonds. The Morgan fingerprint density at radius 1 is 0.692 bits per heavy atom. The normalized spacial score (nSPS) is 12.7. The van der Waals surface area contributed by atoms with Gasteiger partial charge in [0.15, 0.2) is 0 Å². The molecule has 5 rings (SSSR count). The Kier molecular flexibility index (Phi) is 6.00. The van der Waals surface area contributed by atoms with Gasteiger partial charge in [-0.15, -0.1) is 0 Å². The minimum absolute atomic E-state index is 0.0505. The van der Waals surface area contributed by atoms with E-state index in [9.17, 15) is 41.4 Å². The van der Waals surface area contributed by atoms with Crippen molar-refractivity contribution in [3.8, 4) is 0 Å². The van der Waals surface area contributed by atoms with E-state index < -0.39 is 47.7 Å². The molecule has 4 aromatic carbocycles. The number of carboxylic acid groups (broad SMARTS) is 2. The summed E-state index contributed by atoms with van der Waals surface area (Å²) in [7, 11) is -9.11. The number of anilines is 3. The van der Waals surface area contributed by atoms with Crippen LogP contribution in [-0.4, -0.2) is 44.9 Å². The largest absolute Gasteiger partial charge is 0.478 e. The zero-order chi connectivity index (χ0) is 28.1. The van der Waals surface area contributed by atoms with Gasteiger partial charge >= 0.3 is 11.9 Å². The molecular formula is C25H17N3O9S2. The molecule has 0 spiro atoms. The number of hydrogen-bond donors (Lipinski definition) is 5. The highest BCUT2D eigenvalue weighted by Gasteiger charge is 2.34. The predicted octanol–water partition coefficient (Wildman–Crippen LogP) is 3.40. The van der Waals surface area contributed by atoms with Crippen molar-refractivity contribution in [2.75, 3.05) is 14.8 Å². The van der Waals surface area contributed by atoms with Gasteiger partial charge in [0.2, 0.25) is 0 Å². The van der Waals surface area contributed by atoms with Gasteiger partial charge in [0, 0.05) is 27.7 Å².